The van der Waals surface area contributed by atoms with Crippen LogP contribution in [-0.2, 0) is 20.7 Å². The molecule has 1 N–H and O–H groups in total. The fourth-order valence-electron chi connectivity index (χ4n) is 2.67. The Kier molecular flexibility index (Phi) is 4.30. The van der Waals surface area contributed by atoms with E-state index in [2.05, 4.69) is 4.98 Å². The first kappa shape index (κ1) is 14.3. The van der Waals surface area contributed by atoms with E-state index in [9.17, 15) is 4.79 Å². The van der Waals surface area contributed by atoms with Crippen LogP contribution in [0, 0.1) is 0 Å². The number of aliphatic carboxylic acids is 1. The van der Waals surface area contributed by atoms with Crippen molar-refractivity contribution in [2.24, 2.45) is 0 Å². The molecule has 2 unspecified atom stereocenters. The van der Waals surface area contributed by atoms with E-state index >= 15 is 0 Å². The van der Waals surface area contributed by atoms with Gasteiger partial charge in [-0.15, -0.1) is 11.3 Å². The Morgan fingerprint density at radius 1 is 1.60 bits per heavy atom. The van der Waals surface area contributed by atoms with E-state index in [1.165, 1.54) is 11.3 Å². The lowest BCUT2D eigenvalue weighted by Gasteiger charge is -2.36. The van der Waals surface area contributed by atoms with Crippen molar-refractivity contribution in [1.29, 1.82) is 0 Å². The van der Waals surface area contributed by atoms with Gasteiger partial charge in [0.15, 0.2) is 0 Å². The summed E-state index contributed by atoms with van der Waals surface area (Å²) in [5, 5.41) is 11.1. The lowest BCUT2D eigenvalue weighted by Crippen LogP contribution is -2.41. The van der Waals surface area contributed by atoms with Crippen LogP contribution >= 0.6 is 23.1 Å². The smallest absolute Gasteiger partial charge is 0.309 e. The van der Waals surface area contributed by atoms with Crippen LogP contribution < -0.4 is 0 Å². The Labute approximate surface area is 125 Å². The van der Waals surface area contributed by atoms with E-state index in [0.717, 1.165) is 36.8 Å². The zero-order valence-corrected chi connectivity index (χ0v) is 12.7. The predicted molar refractivity (Wildman–Crippen MR) is 76.5 cm³/mol. The number of aromatic nitrogens is 1. The van der Waals surface area contributed by atoms with Gasteiger partial charge in [0, 0.05) is 30.3 Å². The van der Waals surface area contributed by atoms with Gasteiger partial charge >= 0.3 is 5.97 Å². The second-order valence-electron chi connectivity index (χ2n) is 5.24. The Morgan fingerprint density at radius 3 is 3.25 bits per heavy atom. The maximum atomic E-state index is 10.7. The third-order valence-corrected chi connectivity index (χ3v) is 5.93. The first-order chi connectivity index (χ1) is 9.65. The monoisotopic (exact) mass is 315 g/mol. The number of ether oxygens (including phenoxy) is 2. The summed E-state index contributed by atoms with van der Waals surface area (Å²) in [6, 6.07) is 0. The largest absolute Gasteiger partial charge is 0.481 e. The summed E-state index contributed by atoms with van der Waals surface area (Å²) in [6.45, 7) is 2.26. The molecule has 2 aliphatic heterocycles. The minimum absolute atomic E-state index is 0.00259. The lowest BCUT2D eigenvalue weighted by atomic mass is 9.93. The Hall–Kier alpha value is -0.630. The Balaban J connectivity index is 1.59. The molecule has 0 radical (unpaired) electrons. The van der Waals surface area contributed by atoms with Gasteiger partial charge in [-0.1, -0.05) is 11.8 Å². The van der Waals surface area contributed by atoms with Gasteiger partial charge in [0.05, 0.1) is 24.3 Å². The topological polar surface area (TPSA) is 68.7 Å². The van der Waals surface area contributed by atoms with Gasteiger partial charge in [-0.05, 0) is 12.8 Å². The average Bonchev–Trinajstić information content (AvgIpc) is 2.99. The third kappa shape index (κ3) is 3.33. The van der Waals surface area contributed by atoms with Crippen molar-refractivity contribution < 1.29 is 19.4 Å². The van der Waals surface area contributed by atoms with E-state index < -0.39 is 5.97 Å². The quantitative estimate of drug-likeness (QED) is 0.918. The molecule has 2 atom stereocenters. The Bertz CT molecular complexity index is 484. The Morgan fingerprint density at radius 2 is 2.50 bits per heavy atom. The van der Waals surface area contributed by atoms with Crippen LogP contribution in [0.1, 0.15) is 25.0 Å². The number of thioether (sulfide) groups is 1. The van der Waals surface area contributed by atoms with E-state index in [0.29, 0.717) is 17.6 Å². The van der Waals surface area contributed by atoms with E-state index in [1.54, 1.807) is 11.8 Å². The van der Waals surface area contributed by atoms with Crippen LogP contribution in [0.25, 0.3) is 0 Å². The number of nitrogens with zero attached hydrogens (tertiary/aromatic N) is 1. The van der Waals surface area contributed by atoms with Crippen molar-refractivity contribution >= 4 is 29.1 Å². The fraction of sp³-hybridized carbons (Fsp3) is 0.692. The highest BCUT2D eigenvalue weighted by molar-refractivity contribution is 8.01. The summed E-state index contributed by atoms with van der Waals surface area (Å²) in [7, 11) is 0. The van der Waals surface area contributed by atoms with Crippen molar-refractivity contribution in [3.8, 4) is 0 Å². The third-order valence-electron chi connectivity index (χ3n) is 3.65. The molecule has 0 saturated carbocycles. The summed E-state index contributed by atoms with van der Waals surface area (Å²) in [4.78, 5) is 15.1. The van der Waals surface area contributed by atoms with Gasteiger partial charge in [-0.3, -0.25) is 4.79 Å². The molecule has 2 aliphatic rings. The van der Waals surface area contributed by atoms with Crippen molar-refractivity contribution in [2.75, 3.05) is 19.8 Å². The number of carbonyl (C=O) groups is 1. The first-order valence-electron chi connectivity index (χ1n) is 6.70. The molecular formula is C13H17NO4S2. The molecule has 2 saturated heterocycles. The molecule has 2 fully saturated rings. The highest BCUT2D eigenvalue weighted by Gasteiger charge is 2.41. The van der Waals surface area contributed by atoms with Crippen LogP contribution in [0.4, 0.5) is 0 Å². The molecule has 7 heteroatoms. The molecule has 1 spiro atoms. The maximum absolute atomic E-state index is 10.7. The zero-order chi connectivity index (χ0) is 14.0. The molecule has 0 aromatic carbocycles. The lowest BCUT2D eigenvalue weighted by molar-refractivity contribution is -0.136. The molecule has 110 valence electrons. The van der Waals surface area contributed by atoms with Gasteiger partial charge in [0.25, 0.3) is 0 Å². The second-order valence-corrected chi connectivity index (χ2v) is 7.65. The average molecular weight is 315 g/mol. The van der Waals surface area contributed by atoms with E-state index in [4.69, 9.17) is 14.6 Å². The summed E-state index contributed by atoms with van der Waals surface area (Å²) in [6.07, 6.45) is 2.99. The number of carboxylic acids is 1. The number of hydrogen-bond donors (Lipinski definition) is 1. The molecule has 20 heavy (non-hydrogen) atoms. The van der Waals surface area contributed by atoms with Gasteiger partial charge < -0.3 is 14.6 Å². The van der Waals surface area contributed by atoms with Crippen molar-refractivity contribution in [2.45, 2.75) is 40.9 Å². The highest BCUT2D eigenvalue weighted by Crippen LogP contribution is 2.40. The maximum Gasteiger partial charge on any atom is 0.309 e. The number of hydrogen-bond acceptors (Lipinski definition) is 6. The summed E-state index contributed by atoms with van der Waals surface area (Å²) >= 11 is 3.28. The molecule has 0 amide bonds. The highest BCUT2D eigenvalue weighted by atomic mass is 32.2. The molecule has 5 nitrogen and oxygen atoms in total. The van der Waals surface area contributed by atoms with Gasteiger partial charge in [-0.25, -0.2) is 4.98 Å². The van der Waals surface area contributed by atoms with Crippen LogP contribution in [0.2, 0.25) is 0 Å². The molecule has 1 aromatic heterocycles. The predicted octanol–water partition coefficient (Wildman–Crippen LogP) is 2.20. The van der Waals surface area contributed by atoms with Gasteiger partial charge in [0.1, 0.15) is 4.34 Å². The molecular weight excluding hydrogens is 298 g/mol. The van der Waals surface area contributed by atoms with Crippen molar-refractivity contribution in [1.82, 2.24) is 4.98 Å². The molecule has 1 aromatic rings. The van der Waals surface area contributed by atoms with Crippen molar-refractivity contribution in [3.63, 3.8) is 0 Å². The van der Waals surface area contributed by atoms with Crippen LogP contribution in [-0.4, -0.2) is 46.7 Å². The summed E-state index contributed by atoms with van der Waals surface area (Å²) in [5.41, 5.74) is 0.563. The molecule has 0 aliphatic carbocycles. The summed E-state index contributed by atoms with van der Waals surface area (Å²) in [5.74, 6) is -0.833. The summed E-state index contributed by atoms with van der Waals surface area (Å²) < 4.78 is 12.4. The SMILES string of the molecule is O=C(O)Cc1csc(SC2CCOC3(CCOC3)C2)n1. The second kappa shape index (κ2) is 6.01. The standard InChI is InChI=1S/C13H17NO4S2/c15-11(16)5-9-7-19-12(14-9)20-10-1-3-18-13(6-10)2-4-17-8-13/h7,10H,1-6,8H2,(H,15,16). The number of rotatable bonds is 4. The van der Waals surface area contributed by atoms with Crippen LogP contribution in [0.5, 0.6) is 0 Å². The number of carboxylic acid groups (broad SMARTS) is 1. The molecule has 3 rings (SSSR count). The first-order valence-corrected chi connectivity index (χ1v) is 8.46. The van der Waals surface area contributed by atoms with Crippen molar-refractivity contribution in [3.05, 3.63) is 11.1 Å². The minimum Gasteiger partial charge on any atom is -0.481 e. The van der Waals surface area contributed by atoms with Gasteiger partial charge in [0.2, 0.25) is 0 Å². The normalized spacial score (nSPS) is 29.9. The van der Waals surface area contributed by atoms with Crippen LogP contribution in [0.15, 0.2) is 9.72 Å². The van der Waals surface area contributed by atoms with E-state index in [1.807, 2.05) is 5.38 Å². The fourth-order valence-corrected chi connectivity index (χ4v) is 5.04. The molecule has 0 bridgehead atoms. The zero-order valence-electron chi connectivity index (χ0n) is 11.0. The van der Waals surface area contributed by atoms with Crippen LogP contribution in [0.3, 0.4) is 0 Å². The molecule has 3 heterocycles. The minimum atomic E-state index is -0.833. The number of thiazole rings is 1. The van der Waals surface area contributed by atoms with Gasteiger partial charge in [-0.2, -0.15) is 0 Å². The van der Waals surface area contributed by atoms with E-state index in [-0.39, 0.29) is 12.0 Å².